The Morgan fingerprint density at radius 1 is 0.527 bits per heavy atom. The summed E-state index contributed by atoms with van der Waals surface area (Å²) < 4.78 is 0. The molecule has 0 radical (unpaired) electrons. The Bertz CT molecular complexity index is 2670. The summed E-state index contributed by atoms with van der Waals surface area (Å²) in [6.45, 7) is 11.3. The number of halogens is 2. The van der Waals surface area contributed by atoms with Crippen LogP contribution in [0.3, 0.4) is 0 Å². The van der Waals surface area contributed by atoms with E-state index in [4.69, 9.17) is 0 Å². The third-order valence-corrected chi connectivity index (χ3v) is 10.0. The molecule has 55 heavy (non-hydrogen) atoms. The van der Waals surface area contributed by atoms with Gasteiger partial charge in [0.05, 0.1) is 0 Å². The molecule has 0 aliphatic heterocycles. The Balaban J connectivity index is 0.000000189. The summed E-state index contributed by atoms with van der Waals surface area (Å²) in [6, 6.07) is 61.8. The van der Waals surface area contributed by atoms with Gasteiger partial charge in [-0.3, -0.25) is 0 Å². The molecule has 0 fully saturated rings. The fraction of sp³-hybridized carbons (Fsp3) is 0.137. The van der Waals surface area contributed by atoms with Gasteiger partial charge in [0, 0.05) is 0 Å². The molecule has 0 saturated heterocycles. The first-order valence-electron chi connectivity index (χ1n) is 18.7. The van der Waals surface area contributed by atoms with Crippen molar-refractivity contribution >= 4 is 48.5 Å². The zero-order valence-electron chi connectivity index (χ0n) is 32.2. The summed E-state index contributed by atoms with van der Waals surface area (Å²) in [4.78, 5) is 0. The molecular weight excluding hydrogens is 803 g/mol. The predicted molar refractivity (Wildman–Crippen MR) is 231 cm³/mol. The minimum Gasteiger partial charge on any atom is -1.00 e. The van der Waals surface area contributed by atoms with Gasteiger partial charge in [-0.25, -0.2) is 0 Å². The zero-order chi connectivity index (χ0) is 36.9. The summed E-state index contributed by atoms with van der Waals surface area (Å²) in [5.41, 5.74) is 11.0. The van der Waals surface area contributed by atoms with Gasteiger partial charge in [-0.15, -0.1) is 68.6 Å². The molecule has 0 aliphatic rings. The van der Waals surface area contributed by atoms with Gasteiger partial charge in [-0.05, 0) is 50.6 Å². The van der Waals surface area contributed by atoms with Crippen LogP contribution in [-0.4, -0.2) is 5.43 Å². The Kier molecular flexibility index (Phi) is 14.7. The molecule has 0 unspecified atom stereocenters. The quantitative estimate of drug-likeness (QED) is 0.120. The molecule has 0 aliphatic carbocycles. The van der Waals surface area contributed by atoms with E-state index in [1.54, 1.807) is 23.3 Å². The first-order valence-corrected chi connectivity index (χ1v) is 24.9. The van der Waals surface area contributed by atoms with Crippen molar-refractivity contribution < 1.29 is 48.1 Å². The molecule has 0 saturated carbocycles. The molecule has 0 atom stereocenters. The molecule has 9 rings (SSSR count). The van der Waals surface area contributed by atoms with Gasteiger partial charge in [0.15, 0.2) is 0 Å². The molecular formula is C51H46Cl2SiZr-2. The topological polar surface area (TPSA) is 0 Å². The van der Waals surface area contributed by atoms with E-state index in [0.29, 0.717) is 5.92 Å². The van der Waals surface area contributed by atoms with Crippen LogP contribution < -0.4 is 24.8 Å². The summed E-state index contributed by atoms with van der Waals surface area (Å²) in [7, 11) is 0. The Morgan fingerprint density at radius 2 is 1.02 bits per heavy atom. The van der Waals surface area contributed by atoms with Gasteiger partial charge < -0.3 is 24.8 Å². The first-order chi connectivity index (χ1) is 25.8. The molecule has 9 aromatic rings. The summed E-state index contributed by atoms with van der Waals surface area (Å²) in [6.07, 6.45) is 0.976. The largest absolute Gasteiger partial charge is 1.00 e. The Labute approximate surface area is 354 Å². The minimum absolute atomic E-state index is 0. The van der Waals surface area contributed by atoms with Gasteiger partial charge >= 0.3 is 41.9 Å². The Hall–Kier alpha value is -4.04. The zero-order valence-corrected chi connectivity index (χ0v) is 37.2. The van der Waals surface area contributed by atoms with E-state index in [2.05, 4.69) is 204 Å². The second kappa shape index (κ2) is 19.2. The maximum Gasteiger partial charge on any atom is -0.0114 e. The monoisotopic (exact) mass is 846 g/mol. The second-order valence-electron chi connectivity index (χ2n) is 14.6. The van der Waals surface area contributed by atoms with Crippen molar-refractivity contribution in [2.24, 2.45) is 0 Å². The predicted octanol–water partition coefficient (Wildman–Crippen LogP) is 8.57. The van der Waals surface area contributed by atoms with Crippen LogP contribution in [0, 0.1) is 6.92 Å². The maximum atomic E-state index is 2.38. The molecule has 0 heterocycles. The number of fused-ring (bicyclic) bond motifs is 4. The molecule has 0 spiro atoms. The van der Waals surface area contributed by atoms with Crippen molar-refractivity contribution in [1.29, 1.82) is 0 Å². The van der Waals surface area contributed by atoms with Crippen LogP contribution in [0.15, 0.2) is 170 Å². The SMILES string of the molecule is CC(C)c1cc2c(-c3cccc4ccccc34)cccc2[cH-]1.C[Si](C)=[Zr+2].Cc1ccc(-c2cccc3ccccc23)c2cc(Cc3ccccc3)[cH-]c12.[Cl-].[Cl-]. The van der Waals surface area contributed by atoms with Gasteiger partial charge in [0.25, 0.3) is 0 Å². The molecule has 4 heteroatoms. The van der Waals surface area contributed by atoms with Crippen LogP contribution in [0.2, 0.25) is 13.1 Å². The molecule has 9 aromatic carbocycles. The van der Waals surface area contributed by atoms with E-state index in [1.165, 1.54) is 87.6 Å². The fourth-order valence-electron chi connectivity index (χ4n) is 7.42. The molecule has 0 N–H and O–H groups in total. The van der Waals surface area contributed by atoms with E-state index in [-0.39, 0.29) is 30.2 Å². The molecule has 0 nitrogen and oxygen atoms in total. The van der Waals surface area contributed by atoms with Gasteiger partial charge in [-0.1, -0.05) is 159 Å². The standard InChI is InChI=1S/C27H21.C22H19.C2H6Si.2ClH.Zr/c1-19-14-15-25(24-13-7-11-22-10-5-6-12-23(22)24)27-18-21(17-26(19)27)16-20-8-3-2-4-9-20;1-15(2)18-13-17-9-6-12-21(22(17)14-18)20-11-5-8-16-7-3-4-10-19(16)20;1-3-2;;;/h2-15,17-18H,16H2,1H3;3-15H,1-2H3;1-2H3;2*1H;/q2*-1;;;;+2/p-2. The Morgan fingerprint density at radius 3 is 1.60 bits per heavy atom. The van der Waals surface area contributed by atoms with E-state index in [1.807, 2.05) is 0 Å². The van der Waals surface area contributed by atoms with E-state index < -0.39 is 0 Å². The van der Waals surface area contributed by atoms with Gasteiger partial charge in [-0.2, -0.15) is 12.1 Å². The van der Waals surface area contributed by atoms with Gasteiger partial charge in [0.2, 0.25) is 0 Å². The van der Waals surface area contributed by atoms with Crippen LogP contribution in [0.1, 0.15) is 42.0 Å². The number of aryl methyl sites for hydroxylation is 1. The first kappa shape index (κ1) is 42.1. The third kappa shape index (κ3) is 9.68. The molecule has 274 valence electrons. The molecule has 0 amide bonds. The second-order valence-corrected chi connectivity index (χ2v) is 24.0. The van der Waals surface area contributed by atoms with Crippen LogP contribution in [0.5, 0.6) is 0 Å². The number of benzene rings is 7. The van der Waals surface area contributed by atoms with Crippen molar-refractivity contribution in [3.63, 3.8) is 0 Å². The van der Waals surface area contributed by atoms with Crippen LogP contribution in [-0.2, 0) is 29.8 Å². The van der Waals surface area contributed by atoms with E-state index >= 15 is 0 Å². The van der Waals surface area contributed by atoms with Gasteiger partial charge in [0.1, 0.15) is 0 Å². The average molecular weight is 849 g/mol. The van der Waals surface area contributed by atoms with Crippen LogP contribution in [0.4, 0.5) is 0 Å². The summed E-state index contributed by atoms with van der Waals surface area (Å²) in [5.74, 6) is 0.563. The third-order valence-electron chi connectivity index (χ3n) is 10.0. The fourth-order valence-corrected chi connectivity index (χ4v) is 7.42. The minimum atomic E-state index is 0. The number of hydrogen-bond donors (Lipinski definition) is 0. The van der Waals surface area contributed by atoms with Crippen LogP contribution >= 0.6 is 0 Å². The summed E-state index contributed by atoms with van der Waals surface area (Å²) >= 11 is 1.74. The molecule has 0 aromatic heterocycles. The normalized spacial score (nSPS) is 10.7. The van der Waals surface area contributed by atoms with Crippen molar-refractivity contribution in [1.82, 2.24) is 0 Å². The summed E-state index contributed by atoms with van der Waals surface area (Å²) in [5, 5.41) is 10.7. The number of rotatable bonds is 5. The van der Waals surface area contributed by atoms with Crippen LogP contribution in [0.25, 0.3) is 65.3 Å². The maximum absolute atomic E-state index is 2.38. The van der Waals surface area contributed by atoms with Crippen molar-refractivity contribution in [3.8, 4) is 22.3 Å². The average Bonchev–Trinajstić information content (AvgIpc) is 3.81. The van der Waals surface area contributed by atoms with Crippen molar-refractivity contribution in [2.45, 2.75) is 46.2 Å². The van der Waals surface area contributed by atoms with E-state index in [0.717, 1.165) is 6.42 Å². The number of hydrogen-bond acceptors (Lipinski definition) is 0. The molecule has 0 bridgehead atoms. The van der Waals surface area contributed by atoms with Crippen molar-refractivity contribution in [2.75, 3.05) is 0 Å². The van der Waals surface area contributed by atoms with Crippen molar-refractivity contribution in [3.05, 3.63) is 192 Å². The smallest absolute Gasteiger partial charge is 0.0114 e. The van der Waals surface area contributed by atoms with E-state index in [9.17, 15) is 0 Å².